The molecule has 2 aromatic heterocycles. The molecule has 2 rings (SSSR count). The molecule has 0 fully saturated rings. The zero-order valence-electron chi connectivity index (χ0n) is 10.6. The molecule has 0 saturated carbocycles. The van der Waals surface area contributed by atoms with Gasteiger partial charge in [0.2, 0.25) is 0 Å². The highest BCUT2D eigenvalue weighted by Crippen LogP contribution is 2.19. The van der Waals surface area contributed by atoms with Gasteiger partial charge >= 0.3 is 0 Å². The Morgan fingerprint density at radius 3 is 2.71 bits per heavy atom. The smallest absolute Gasteiger partial charge is 0.0940 e. The minimum Gasteiger partial charge on any atom is -0.304 e. The van der Waals surface area contributed by atoms with Crippen LogP contribution in [0.5, 0.6) is 0 Å². The highest BCUT2D eigenvalue weighted by atomic mass is 15.3. The number of aryl methyl sites for hydroxylation is 2. The van der Waals surface area contributed by atoms with Gasteiger partial charge in [0.25, 0.3) is 0 Å². The van der Waals surface area contributed by atoms with E-state index in [9.17, 15) is 0 Å². The van der Waals surface area contributed by atoms with E-state index in [0.717, 1.165) is 24.4 Å². The van der Waals surface area contributed by atoms with Crippen LogP contribution in [0, 0.1) is 0 Å². The maximum atomic E-state index is 4.47. The van der Waals surface area contributed by atoms with Crippen LogP contribution in [-0.2, 0) is 14.1 Å². The lowest BCUT2D eigenvalue weighted by Crippen LogP contribution is -2.25. The van der Waals surface area contributed by atoms with Gasteiger partial charge in [0.15, 0.2) is 0 Å². The van der Waals surface area contributed by atoms with E-state index >= 15 is 0 Å². The van der Waals surface area contributed by atoms with Gasteiger partial charge in [0.05, 0.1) is 17.4 Å². The third-order valence-electron chi connectivity index (χ3n) is 2.78. The van der Waals surface area contributed by atoms with Crippen LogP contribution in [0.3, 0.4) is 0 Å². The molecule has 0 aliphatic heterocycles. The second-order valence-corrected chi connectivity index (χ2v) is 4.18. The molecule has 0 aromatic carbocycles. The van der Waals surface area contributed by atoms with Gasteiger partial charge in [-0.3, -0.25) is 9.36 Å². The first kappa shape index (κ1) is 11.9. The Kier molecular flexibility index (Phi) is 3.58. The first-order chi connectivity index (χ1) is 8.22. The van der Waals surface area contributed by atoms with Gasteiger partial charge in [0.1, 0.15) is 0 Å². The number of nitrogens with zero attached hydrogens (tertiary/aromatic N) is 4. The van der Waals surface area contributed by atoms with Gasteiger partial charge in [-0.05, 0) is 25.1 Å². The summed E-state index contributed by atoms with van der Waals surface area (Å²) in [6.45, 7) is 3.12. The molecule has 5 nitrogen and oxygen atoms in total. The van der Waals surface area contributed by atoms with Crippen molar-refractivity contribution >= 4 is 0 Å². The van der Waals surface area contributed by atoms with E-state index in [-0.39, 0.29) is 6.04 Å². The van der Waals surface area contributed by atoms with E-state index in [1.54, 1.807) is 0 Å². The third-order valence-corrected chi connectivity index (χ3v) is 2.78. The maximum absolute atomic E-state index is 4.47. The van der Waals surface area contributed by atoms with Crippen molar-refractivity contribution in [3.05, 3.63) is 35.9 Å². The molecule has 0 aliphatic carbocycles. The molecule has 0 radical (unpaired) electrons. The van der Waals surface area contributed by atoms with Gasteiger partial charge in [-0.1, -0.05) is 6.92 Å². The minimum absolute atomic E-state index is 0.114. The Labute approximate surface area is 101 Å². The molecule has 2 aromatic rings. The van der Waals surface area contributed by atoms with Crippen molar-refractivity contribution < 1.29 is 0 Å². The monoisotopic (exact) mass is 233 g/mol. The Morgan fingerprint density at radius 1 is 1.35 bits per heavy atom. The summed E-state index contributed by atoms with van der Waals surface area (Å²) in [5, 5.41) is 12.2. The van der Waals surface area contributed by atoms with Crippen LogP contribution in [0.15, 0.2) is 24.5 Å². The van der Waals surface area contributed by atoms with Crippen molar-refractivity contribution in [1.82, 2.24) is 24.9 Å². The number of aromatic nitrogens is 4. The Balaban J connectivity index is 2.28. The topological polar surface area (TPSA) is 47.7 Å². The average molecular weight is 233 g/mol. The molecule has 92 valence electrons. The van der Waals surface area contributed by atoms with E-state index in [1.807, 2.05) is 48.0 Å². The summed E-state index contributed by atoms with van der Waals surface area (Å²) in [4.78, 5) is 0. The summed E-state index contributed by atoms with van der Waals surface area (Å²) in [5.41, 5.74) is 2.17. The van der Waals surface area contributed by atoms with Crippen LogP contribution in [0.25, 0.3) is 0 Å². The zero-order valence-corrected chi connectivity index (χ0v) is 10.6. The number of hydrogen-bond acceptors (Lipinski definition) is 3. The fourth-order valence-electron chi connectivity index (χ4n) is 1.90. The summed E-state index contributed by atoms with van der Waals surface area (Å²) >= 11 is 0. The van der Waals surface area contributed by atoms with E-state index in [4.69, 9.17) is 0 Å². The summed E-state index contributed by atoms with van der Waals surface area (Å²) in [6.07, 6.45) is 4.88. The first-order valence-electron chi connectivity index (χ1n) is 5.93. The molecule has 0 amide bonds. The minimum atomic E-state index is 0.114. The fraction of sp³-hybridized carbons (Fsp3) is 0.500. The van der Waals surface area contributed by atoms with Gasteiger partial charge in [-0.2, -0.15) is 10.2 Å². The second-order valence-electron chi connectivity index (χ2n) is 4.18. The predicted molar refractivity (Wildman–Crippen MR) is 66.6 cm³/mol. The largest absolute Gasteiger partial charge is 0.304 e. The van der Waals surface area contributed by atoms with E-state index in [1.165, 1.54) is 0 Å². The molecule has 17 heavy (non-hydrogen) atoms. The number of rotatable bonds is 5. The molecule has 1 atom stereocenters. The normalized spacial score (nSPS) is 12.9. The standard InChI is InChI=1S/C12H19N5/c1-4-7-13-12(10-6-9-16(2)15-10)11-5-8-14-17(11)3/h5-6,8-9,12-13H,4,7H2,1-3H3. The lowest BCUT2D eigenvalue weighted by Gasteiger charge is -2.16. The Hall–Kier alpha value is -1.62. The van der Waals surface area contributed by atoms with Crippen LogP contribution >= 0.6 is 0 Å². The van der Waals surface area contributed by atoms with Crippen LogP contribution in [0.2, 0.25) is 0 Å². The van der Waals surface area contributed by atoms with Crippen molar-refractivity contribution in [2.24, 2.45) is 14.1 Å². The lowest BCUT2D eigenvalue weighted by molar-refractivity contribution is 0.536. The molecule has 0 bridgehead atoms. The van der Waals surface area contributed by atoms with Gasteiger partial charge < -0.3 is 5.32 Å². The molecule has 5 heteroatoms. The van der Waals surface area contributed by atoms with Crippen molar-refractivity contribution in [3.8, 4) is 0 Å². The number of nitrogens with one attached hydrogen (secondary N) is 1. The Bertz CT molecular complexity index is 471. The van der Waals surface area contributed by atoms with Crippen LogP contribution in [-0.4, -0.2) is 26.1 Å². The van der Waals surface area contributed by atoms with Crippen molar-refractivity contribution in [1.29, 1.82) is 0 Å². The van der Waals surface area contributed by atoms with Crippen LogP contribution in [0.4, 0.5) is 0 Å². The van der Waals surface area contributed by atoms with Crippen molar-refractivity contribution in [3.63, 3.8) is 0 Å². The third kappa shape index (κ3) is 2.55. The molecular formula is C12H19N5. The maximum Gasteiger partial charge on any atom is 0.0940 e. The lowest BCUT2D eigenvalue weighted by atomic mass is 10.1. The highest BCUT2D eigenvalue weighted by Gasteiger charge is 2.18. The molecule has 0 aliphatic rings. The summed E-state index contributed by atoms with van der Waals surface area (Å²) in [6, 6.07) is 4.19. The summed E-state index contributed by atoms with van der Waals surface area (Å²) in [5.74, 6) is 0. The van der Waals surface area contributed by atoms with Crippen LogP contribution in [0.1, 0.15) is 30.8 Å². The van der Waals surface area contributed by atoms with Gasteiger partial charge in [-0.15, -0.1) is 0 Å². The van der Waals surface area contributed by atoms with Gasteiger partial charge in [-0.25, -0.2) is 0 Å². The molecule has 1 unspecified atom stereocenters. The average Bonchev–Trinajstić information content (AvgIpc) is 2.90. The molecule has 1 N–H and O–H groups in total. The second kappa shape index (κ2) is 5.14. The summed E-state index contributed by atoms with van der Waals surface area (Å²) < 4.78 is 3.72. The quantitative estimate of drug-likeness (QED) is 0.845. The van der Waals surface area contributed by atoms with E-state index in [0.29, 0.717) is 0 Å². The Morgan fingerprint density at radius 2 is 2.18 bits per heavy atom. The molecule has 0 spiro atoms. The van der Waals surface area contributed by atoms with E-state index in [2.05, 4.69) is 22.4 Å². The highest BCUT2D eigenvalue weighted by molar-refractivity contribution is 5.20. The SMILES string of the molecule is CCCNC(c1ccn(C)n1)c1ccnn1C. The number of hydrogen-bond donors (Lipinski definition) is 1. The molecule has 2 heterocycles. The van der Waals surface area contributed by atoms with E-state index < -0.39 is 0 Å². The van der Waals surface area contributed by atoms with Crippen molar-refractivity contribution in [2.45, 2.75) is 19.4 Å². The van der Waals surface area contributed by atoms with Gasteiger partial charge in [0, 0.05) is 26.5 Å². The van der Waals surface area contributed by atoms with Crippen molar-refractivity contribution in [2.75, 3.05) is 6.54 Å². The zero-order chi connectivity index (χ0) is 12.3. The van der Waals surface area contributed by atoms with Crippen LogP contribution < -0.4 is 5.32 Å². The first-order valence-corrected chi connectivity index (χ1v) is 5.93. The fourth-order valence-corrected chi connectivity index (χ4v) is 1.90. The molecule has 0 saturated heterocycles. The molecular weight excluding hydrogens is 214 g/mol. The predicted octanol–water partition coefficient (Wildman–Crippen LogP) is 1.24. The summed E-state index contributed by atoms with van der Waals surface area (Å²) in [7, 11) is 3.89.